The van der Waals surface area contributed by atoms with Gasteiger partial charge in [-0.1, -0.05) is 13.8 Å². The van der Waals surface area contributed by atoms with Gasteiger partial charge in [0.05, 0.1) is 11.4 Å². The summed E-state index contributed by atoms with van der Waals surface area (Å²) in [5.74, 6) is 0.219. The third-order valence-corrected chi connectivity index (χ3v) is 3.60. The Labute approximate surface area is 112 Å². The monoisotopic (exact) mass is 280 g/mol. The second-order valence-corrected chi connectivity index (χ2v) is 6.67. The molecule has 0 unspecified atom stereocenters. The second kappa shape index (κ2) is 4.73. The molecule has 6 nitrogen and oxygen atoms in total. The Bertz CT molecular complexity index is 704. The summed E-state index contributed by atoms with van der Waals surface area (Å²) in [6.07, 6.45) is 2.55. The number of sulfone groups is 1. The highest BCUT2D eigenvalue weighted by Crippen LogP contribution is 2.29. The smallest absolute Gasteiger partial charge is 0.247 e. The molecule has 19 heavy (non-hydrogen) atoms. The van der Waals surface area contributed by atoms with Crippen molar-refractivity contribution < 1.29 is 8.42 Å². The maximum atomic E-state index is 11.5. The van der Waals surface area contributed by atoms with Gasteiger partial charge < -0.3 is 0 Å². The standard InChI is InChI=1S/C12H16N4O2S/c1-7(2)11-10(8(3)15-16-11)9-5-6-13-12(14-9)19(4,17)18/h5-7H,1-4H3,(H,15,16). The molecule has 0 amide bonds. The van der Waals surface area contributed by atoms with Crippen molar-refractivity contribution in [1.29, 1.82) is 0 Å². The van der Waals surface area contributed by atoms with Crippen LogP contribution in [0.1, 0.15) is 31.2 Å². The zero-order valence-corrected chi connectivity index (χ0v) is 12.1. The van der Waals surface area contributed by atoms with Gasteiger partial charge in [-0.15, -0.1) is 0 Å². The van der Waals surface area contributed by atoms with Gasteiger partial charge in [0, 0.05) is 23.7 Å². The zero-order chi connectivity index (χ0) is 14.2. The first-order chi connectivity index (χ1) is 8.80. The van der Waals surface area contributed by atoms with E-state index < -0.39 is 9.84 Å². The molecule has 0 aliphatic heterocycles. The Kier molecular flexibility index (Phi) is 3.40. The van der Waals surface area contributed by atoms with E-state index in [1.165, 1.54) is 6.20 Å². The normalized spacial score (nSPS) is 12.1. The van der Waals surface area contributed by atoms with Crippen LogP contribution in [0, 0.1) is 6.92 Å². The van der Waals surface area contributed by atoms with Crippen LogP contribution in [0.2, 0.25) is 0 Å². The molecule has 0 bridgehead atoms. The predicted octanol–water partition coefficient (Wildman–Crippen LogP) is 1.70. The van der Waals surface area contributed by atoms with Crippen molar-refractivity contribution in [3.8, 4) is 11.3 Å². The van der Waals surface area contributed by atoms with Crippen LogP contribution >= 0.6 is 0 Å². The van der Waals surface area contributed by atoms with Gasteiger partial charge >= 0.3 is 0 Å². The number of hydrogen-bond acceptors (Lipinski definition) is 5. The molecule has 2 aromatic rings. The maximum absolute atomic E-state index is 11.5. The Hall–Kier alpha value is -1.76. The molecule has 0 saturated carbocycles. The number of aromatic nitrogens is 4. The van der Waals surface area contributed by atoms with Gasteiger partial charge in [0.2, 0.25) is 15.0 Å². The fraction of sp³-hybridized carbons (Fsp3) is 0.417. The minimum Gasteiger partial charge on any atom is -0.282 e. The summed E-state index contributed by atoms with van der Waals surface area (Å²) in [6.45, 7) is 5.94. The number of H-pyrrole nitrogens is 1. The lowest BCUT2D eigenvalue weighted by Gasteiger charge is -2.06. The molecular formula is C12H16N4O2S. The van der Waals surface area contributed by atoms with Crippen LogP contribution in [0.15, 0.2) is 17.4 Å². The molecule has 0 aliphatic rings. The Morgan fingerprint density at radius 2 is 2.00 bits per heavy atom. The van der Waals surface area contributed by atoms with Crippen molar-refractivity contribution in [2.45, 2.75) is 31.8 Å². The van der Waals surface area contributed by atoms with Crippen LogP contribution in [-0.4, -0.2) is 34.8 Å². The first kappa shape index (κ1) is 13.7. The lowest BCUT2D eigenvalue weighted by Crippen LogP contribution is -2.05. The minimum atomic E-state index is -3.42. The van der Waals surface area contributed by atoms with Crippen molar-refractivity contribution in [2.24, 2.45) is 0 Å². The summed E-state index contributed by atoms with van der Waals surface area (Å²) in [6, 6.07) is 1.69. The summed E-state index contributed by atoms with van der Waals surface area (Å²) in [7, 11) is -3.42. The fourth-order valence-corrected chi connectivity index (χ4v) is 2.36. The number of aryl methyl sites for hydroxylation is 1. The van der Waals surface area contributed by atoms with Crippen LogP contribution in [0.5, 0.6) is 0 Å². The Morgan fingerprint density at radius 3 is 2.58 bits per heavy atom. The summed E-state index contributed by atoms with van der Waals surface area (Å²) in [5, 5.41) is 7.00. The van der Waals surface area contributed by atoms with E-state index in [9.17, 15) is 8.42 Å². The first-order valence-corrected chi connectivity index (χ1v) is 7.78. The van der Waals surface area contributed by atoms with Crippen molar-refractivity contribution in [1.82, 2.24) is 20.2 Å². The topological polar surface area (TPSA) is 88.6 Å². The zero-order valence-electron chi connectivity index (χ0n) is 11.3. The largest absolute Gasteiger partial charge is 0.282 e. The summed E-state index contributed by atoms with van der Waals surface area (Å²) >= 11 is 0. The molecular weight excluding hydrogens is 264 g/mol. The van der Waals surface area contributed by atoms with Crippen molar-refractivity contribution in [3.05, 3.63) is 23.7 Å². The molecule has 2 rings (SSSR count). The molecule has 102 valence electrons. The lowest BCUT2D eigenvalue weighted by atomic mass is 10.0. The van der Waals surface area contributed by atoms with Crippen LogP contribution in [-0.2, 0) is 9.84 Å². The van der Waals surface area contributed by atoms with Gasteiger partial charge in [0.25, 0.3) is 0 Å². The average Bonchev–Trinajstić information content (AvgIpc) is 2.70. The maximum Gasteiger partial charge on any atom is 0.247 e. The molecule has 7 heteroatoms. The van der Waals surface area contributed by atoms with Gasteiger partial charge in [0.1, 0.15) is 0 Å². The van der Waals surface area contributed by atoms with Crippen LogP contribution in [0.3, 0.4) is 0 Å². The van der Waals surface area contributed by atoms with E-state index >= 15 is 0 Å². The van der Waals surface area contributed by atoms with Crippen molar-refractivity contribution in [3.63, 3.8) is 0 Å². The molecule has 1 N–H and O–H groups in total. The Morgan fingerprint density at radius 1 is 1.32 bits per heavy atom. The van der Waals surface area contributed by atoms with Gasteiger partial charge in [-0.05, 0) is 18.9 Å². The third-order valence-electron chi connectivity index (χ3n) is 2.74. The van der Waals surface area contributed by atoms with E-state index in [0.717, 1.165) is 23.2 Å². The van der Waals surface area contributed by atoms with E-state index in [0.29, 0.717) is 5.69 Å². The van der Waals surface area contributed by atoms with Crippen molar-refractivity contribution >= 4 is 9.84 Å². The number of nitrogens with one attached hydrogen (secondary N) is 1. The first-order valence-electron chi connectivity index (χ1n) is 5.89. The van der Waals surface area contributed by atoms with Gasteiger partial charge in [-0.25, -0.2) is 18.4 Å². The molecule has 0 spiro atoms. The van der Waals surface area contributed by atoms with Gasteiger partial charge in [-0.2, -0.15) is 5.10 Å². The molecule has 0 atom stereocenters. The highest BCUT2D eigenvalue weighted by Gasteiger charge is 2.19. The number of hydrogen-bond donors (Lipinski definition) is 1. The lowest BCUT2D eigenvalue weighted by molar-refractivity contribution is 0.593. The van der Waals surface area contributed by atoms with E-state index in [4.69, 9.17) is 0 Å². The second-order valence-electron chi connectivity index (χ2n) is 4.76. The molecule has 0 aromatic carbocycles. The molecule has 0 fully saturated rings. The van der Waals surface area contributed by atoms with Crippen LogP contribution in [0.4, 0.5) is 0 Å². The molecule has 0 aliphatic carbocycles. The quantitative estimate of drug-likeness (QED) is 0.864. The molecule has 0 radical (unpaired) electrons. The fourth-order valence-electron chi connectivity index (χ4n) is 1.85. The number of aromatic amines is 1. The van der Waals surface area contributed by atoms with E-state index in [1.807, 2.05) is 20.8 Å². The number of rotatable bonds is 3. The molecule has 2 aromatic heterocycles. The van der Waals surface area contributed by atoms with E-state index in [1.54, 1.807) is 6.07 Å². The van der Waals surface area contributed by atoms with Crippen LogP contribution in [0.25, 0.3) is 11.3 Å². The molecule has 0 saturated heterocycles. The third kappa shape index (κ3) is 2.65. The van der Waals surface area contributed by atoms with Crippen molar-refractivity contribution in [2.75, 3.05) is 6.26 Å². The highest BCUT2D eigenvalue weighted by atomic mass is 32.2. The average molecular weight is 280 g/mol. The summed E-state index contributed by atoms with van der Waals surface area (Å²) in [5.41, 5.74) is 3.16. The minimum absolute atomic E-state index is 0.166. The number of nitrogens with zero attached hydrogens (tertiary/aromatic N) is 3. The van der Waals surface area contributed by atoms with E-state index in [2.05, 4.69) is 20.2 Å². The van der Waals surface area contributed by atoms with Crippen LogP contribution < -0.4 is 0 Å². The summed E-state index contributed by atoms with van der Waals surface area (Å²) < 4.78 is 23.0. The summed E-state index contributed by atoms with van der Waals surface area (Å²) in [4.78, 5) is 7.93. The molecule has 2 heterocycles. The SMILES string of the molecule is Cc1[nH]nc(C(C)C)c1-c1ccnc(S(C)(=O)=O)n1. The Balaban J connectivity index is 2.63. The van der Waals surface area contributed by atoms with Gasteiger partial charge in [-0.3, -0.25) is 5.10 Å². The van der Waals surface area contributed by atoms with Gasteiger partial charge in [0.15, 0.2) is 0 Å². The predicted molar refractivity (Wildman–Crippen MR) is 71.5 cm³/mol. The van der Waals surface area contributed by atoms with E-state index in [-0.39, 0.29) is 11.1 Å². The highest BCUT2D eigenvalue weighted by molar-refractivity contribution is 7.90.